The van der Waals surface area contributed by atoms with Gasteiger partial charge in [-0.2, -0.15) is 0 Å². The van der Waals surface area contributed by atoms with Gasteiger partial charge in [-0.05, 0) is 60.7 Å². The molecule has 1 saturated carbocycles. The van der Waals surface area contributed by atoms with Crippen molar-refractivity contribution in [3.63, 3.8) is 0 Å². The van der Waals surface area contributed by atoms with Crippen LogP contribution in [0.3, 0.4) is 0 Å². The summed E-state index contributed by atoms with van der Waals surface area (Å²) in [7, 11) is 0. The van der Waals surface area contributed by atoms with E-state index in [0.717, 1.165) is 21.1 Å². The molecule has 1 nitrogen and oxygen atoms in total. The Balaban J connectivity index is 1.81. The van der Waals surface area contributed by atoms with E-state index in [0.29, 0.717) is 6.04 Å². The van der Waals surface area contributed by atoms with E-state index in [2.05, 4.69) is 57.6 Å². The predicted octanol–water partition coefficient (Wildman–Crippen LogP) is 5.67. The van der Waals surface area contributed by atoms with Crippen LogP contribution < -0.4 is 5.32 Å². The summed E-state index contributed by atoms with van der Waals surface area (Å²) < 4.78 is 1.10. The average molecular weight is 337 g/mol. The predicted molar refractivity (Wildman–Crippen MR) is 84.7 cm³/mol. The van der Waals surface area contributed by atoms with E-state index in [1.807, 2.05) is 12.1 Å². The van der Waals surface area contributed by atoms with Gasteiger partial charge in [0.25, 0.3) is 0 Å². The molecule has 1 N–H and O–H groups in total. The van der Waals surface area contributed by atoms with Gasteiger partial charge in [-0.15, -0.1) is 0 Å². The standard InChI is InChI=1S/C16H15BrClN/c17-13-5-9-15(10-6-13)19-16(11-1-2-11)12-3-7-14(18)8-4-12/h3-11,16,19H,1-2H2. The quantitative estimate of drug-likeness (QED) is 0.759. The summed E-state index contributed by atoms with van der Waals surface area (Å²) in [4.78, 5) is 0. The number of hydrogen-bond acceptors (Lipinski definition) is 1. The maximum atomic E-state index is 5.96. The maximum Gasteiger partial charge on any atom is 0.0542 e. The summed E-state index contributed by atoms with van der Waals surface area (Å²) in [5, 5.41) is 4.43. The van der Waals surface area contributed by atoms with Crippen molar-refractivity contribution in [2.75, 3.05) is 5.32 Å². The Morgan fingerprint density at radius 3 is 2.21 bits per heavy atom. The van der Waals surface area contributed by atoms with Crippen LogP contribution in [0, 0.1) is 5.92 Å². The fourth-order valence-electron chi connectivity index (χ4n) is 2.30. The molecule has 2 aromatic rings. The molecule has 0 radical (unpaired) electrons. The van der Waals surface area contributed by atoms with Gasteiger partial charge in [0.15, 0.2) is 0 Å². The van der Waals surface area contributed by atoms with E-state index in [1.165, 1.54) is 18.4 Å². The van der Waals surface area contributed by atoms with Crippen LogP contribution in [0.4, 0.5) is 5.69 Å². The zero-order valence-corrected chi connectivity index (χ0v) is 12.8. The maximum absolute atomic E-state index is 5.96. The van der Waals surface area contributed by atoms with E-state index in [-0.39, 0.29) is 0 Å². The summed E-state index contributed by atoms with van der Waals surface area (Å²) in [6.45, 7) is 0. The fourth-order valence-corrected chi connectivity index (χ4v) is 2.69. The Morgan fingerprint density at radius 1 is 1.00 bits per heavy atom. The summed E-state index contributed by atoms with van der Waals surface area (Å²) in [5.41, 5.74) is 2.48. The number of nitrogens with one attached hydrogen (secondary N) is 1. The number of halogens is 2. The molecular weight excluding hydrogens is 322 g/mol. The molecule has 19 heavy (non-hydrogen) atoms. The lowest BCUT2D eigenvalue weighted by atomic mass is 10.0. The van der Waals surface area contributed by atoms with Gasteiger partial charge in [0.1, 0.15) is 0 Å². The highest BCUT2D eigenvalue weighted by molar-refractivity contribution is 9.10. The second-order valence-corrected chi connectivity index (χ2v) is 6.37. The molecule has 98 valence electrons. The fraction of sp³-hybridized carbons (Fsp3) is 0.250. The highest BCUT2D eigenvalue weighted by Gasteiger charge is 2.32. The molecule has 2 aromatic carbocycles. The number of benzene rings is 2. The van der Waals surface area contributed by atoms with Crippen LogP contribution in [-0.2, 0) is 0 Å². The van der Waals surface area contributed by atoms with Gasteiger partial charge in [0.05, 0.1) is 6.04 Å². The molecular formula is C16H15BrClN. The number of rotatable bonds is 4. The van der Waals surface area contributed by atoms with Crippen molar-refractivity contribution >= 4 is 33.2 Å². The zero-order valence-electron chi connectivity index (χ0n) is 10.4. The Labute approximate surface area is 127 Å². The van der Waals surface area contributed by atoms with Gasteiger partial charge < -0.3 is 5.32 Å². The van der Waals surface area contributed by atoms with Gasteiger partial charge in [-0.1, -0.05) is 39.7 Å². The van der Waals surface area contributed by atoms with Crippen molar-refractivity contribution in [2.45, 2.75) is 18.9 Å². The van der Waals surface area contributed by atoms with Gasteiger partial charge in [0, 0.05) is 15.2 Å². The van der Waals surface area contributed by atoms with Crippen molar-refractivity contribution in [1.29, 1.82) is 0 Å². The van der Waals surface area contributed by atoms with E-state index < -0.39 is 0 Å². The van der Waals surface area contributed by atoms with Gasteiger partial charge in [-0.3, -0.25) is 0 Å². The highest BCUT2D eigenvalue weighted by atomic mass is 79.9. The number of anilines is 1. The second kappa shape index (κ2) is 5.56. The van der Waals surface area contributed by atoms with Crippen LogP contribution >= 0.6 is 27.5 Å². The molecule has 0 amide bonds. The molecule has 1 unspecified atom stereocenters. The van der Waals surface area contributed by atoms with Gasteiger partial charge in [0.2, 0.25) is 0 Å². The Hall–Kier alpha value is -0.990. The van der Waals surface area contributed by atoms with Crippen molar-refractivity contribution < 1.29 is 0 Å². The van der Waals surface area contributed by atoms with Crippen molar-refractivity contribution in [3.8, 4) is 0 Å². The van der Waals surface area contributed by atoms with E-state index in [1.54, 1.807) is 0 Å². The smallest absolute Gasteiger partial charge is 0.0542 e. The molecule has 0 aliphatic heterocycles. The van der Waals surface area contributed by atoms with Crippen molar-refractivity contribution in [1.82, 2.24) is 0 Å². The lowest BCUT2D eigenvalue weighted by Crippen LogP contribution is -2.12. The first-order valence-electron chi connectivity index (χ1n) is 6.50. The Bertz CT molecular complexity index is 546. The Kier molecular flexibility index (Phi) is 3.81. The molecule has 0 heterocycles. The first-order valence-corrected chi connectivity index (χ1v) is 7.67. The molecule has 0 aromatic heterocycles. The minimum Gasteiger partial charge on any atom is -0.378 e. The second-order valence-electron chi connectivity index (χ2n) is 5.02. The molecule has 1 aliphatic carbocycles. The van der Waals surface area contributed by atoms with Crippen LogP contribution in [0.25, 0.3) is 0 Å². The summed E-state index contributed by atoms with van der Waals surface area (Å²) >= 11 is 9.43. The lowest BCUT2D eigenvalue weighted by molar-refractivity contribution is 0.679. The highest BCUT2D eigenvalue weighted by Crippen LogP contribution is 2.43. The summed E-state index contributed by atoms with van der Waals surface area (Å²) in [5.74, 6) is 0.741. The van der Waals surface area contributed by atoms with Gasteiger partial charge >= 0.3 is 0 Å². The van der Waals surface area contributed by atoms with Crippen LogP contribution in [0.1, 0.15) is 24.4 Å². The lowest BCUT2D eigenvalue weighted by Gasteiger charge is -2.20. The molecule has 1 atom stereocenters. The summed E-state index contributed by atoms with van der Waals surface area (Å²) in [6.07, 6.45) is 2.60. The van der Waals surface area contributed by atoms with Crippen molar-refractivity contribution in [2.24, 2.45) is 5.92 Å². The number of hydrogen-bond donors (Lipinski definition) is 1. The third-order valence-electron chi connectivity index (χ3n) is 3.49. The van der Waals surface area contributed by atoms with E-state index in [9.17, 15) is 0 Å². The molecule has 3 heteroatoms. The largest absolute Gasteiger partial charge is 0.378 e. The zero-order chi connectivity index (χ0) is 13.2. The van der Waals surface area contributed by atoms with Crippen molar-refractivity contribution in [3.05, 3.63) is 63.6 Å². The van der Waals surface area contributed by atoms with Crippen LogP contribution in [0.15, 0.2) is 53.0 Å². The van der Waals surface area contributed by atoms with Crippen LogP contribution in [0.5, 0.6) is 0 Å². The van der Waals surface area contributed by atoms with Crippen LogP contribution in [0.2, 0.25) is 5.02 Å². The monoisotopic (exact) mass is 335 g/mol. The first kappa shape index (κ1) is 13.0. The normalized spacial score (nSPS) is 16.1. The molecule has 3 rings (SSSR count). The molecule has 1 fully saturated rings. The molecule has 0 saturated heterocycles. The minimum absolute atomic E-state index is 0.387. The first-order chi connectivity index (χ1) is 9.22. The van der Waals surface area contributed by atoms with E-state index >= 15 is 0 Å². The van der Waals surface area contributed by atoms with E-state index in [4.69, 9.17) is 11.6 Å². The third-order valence-corrected chi connectivity index (χ3v) is 4.27. The average Bonchev–Trinajstić information content (AvgIpc) is 3.24. The summed E-state index contributed by atoms with van der Waals surface area (Å²) in [6, 6.07) is 16.9. The Morgan fingerprint density at radius 2 is 1.63 bits per heavy atom. The molecule has 0 spiro atoms. The van der Waals surface area contributed by atoms with Crippen LogP contribution in [-0.4, -0.2) is 0 Å². The SMILES string of the molecule is Clc1ccc(C(Nc2ccc(Br)cc2)C2CC2)cc1. The topological polar surface area (TPSA) is 12.0 Å². The molecule has 1 aliphatic rings. The molecule has 0 bridgehead atoms. The minimum atomic E-state index is 0.387. The van der Waals surface area contributed by atoms with Gasteiger partial charge in [-0.25, -0.2) is 0 Å². The third kappa shape index (κ3) is 3.31.